The van der Waals surface area contributed by atoms with Crippen molar-refractivity contribution in [1.82, 2.24) is 0 Å². The first kappa shape index (κ1) is 13.8. The van der Waals surface area contributed by atoms with Gasteiger partial charge in [-0.15, -0.1) is 0 Å². The minimum absolute atomic E-state index is 0.195. The van der Waals surface area contributed by atoms with Gasteiger partial charge >= 0.3 is 0 Å². The van der Waals surface area contributed by atoms with E-state index in [0.29, 0.717) is 18.6 Å². The number of carbonyl (C=O) groups excluding carboxylic acids is 1. The Labute approximate surface area is 126 Å². The summed E-state index contributed by atoms with van der Waals surface area (Å²) in [5, 5.41) is 0. The van der Waals surface area contributed by atoms with E-state index in [0.717, 1.165) is 11.1 Å². The summed E-state index contributed by atoms with van der Waals surface area (Å²) in [6.07, 6.45) is 1.20. The molecule has 1 aliphatic carbocycles. The number of allylic oxidation sites excluding steroid dienone is 1. The standard InChI is InChI=1S/C20H20O/c1-15(16-9-5-3-6-10-16)20(2)14-18(21)13-19(20)17-11-7-4-8-12-17/h3-12,19H,1,13-14H2,2H3/t19-,20-/m0/s1. The van der Waals surface area contributed by atoms with Crippen molar-refractivity contribution >= 4 is 11.4 Å². The summed E-state index contributed by atoms with van der Waals surface area (Å²) in [5.41, 5.74) is 3.25. The van der Waals surface area contributed by atoms with Crippen molar-refractivity contribution in [2.75, 3.05) is 0 Å². The zero-order valence-corrected chi connectivity index (χ0v) is 12.4. The summed E-state index contributed by atoms with van der Waals surface area (Å²) >= 11 is 0. The third-order valence-electron chi connectivity index (χ3n) is 4.78. The number of hydrogen-bond donors (Lipinski definition) is 0. The fourth-order valence-electron chi connectivity index (χ4n) is 3.52. The number of ketones is 1. The lowest BCUT2D eigenvalue weighted by Crippen LogP contribution is -2.21. The van der Waals surface area contributed by atoms with Crippen LogP contribution in [0.25, 0.3) is 5.57 Å². The van der Waals surface area contributed by atoms with Crippen LogP contribution in [0.15, 0.2) is 67.2 Å². The van der Waals surface area contributed by atoms with Gasteiger partial charge in [0.1, 0.15) is 5.78 Å². The minimum Gasteiger partial charge on any atom is -0.300 e. The highest BCUT2D eigenvalue weighted by Crippen LogP contribution is 2.54. The lowest BCUT2D eigenvalue weighted by Gasteiger charge is -2.33. The van der Waals surface area contributed by atoms with Gasteiger partial charge in [0, 0.05) is 24.2 Å². The van der Waals surface area contributed by atoms with Gasteiger partial charge < -0.3 is 0 Å². The lowest BCUT2D eigenvalue weighted by molar-refractivity contribution is -0.117. The van der Waals surface area contributed by atoms with Crippen LogP contribution in [0.2, 0.25) is 0 Å². The van der Waals surface area contributed by atoms with E-state index in [2.05, 4.69) is 37.8 Å². The molecule has 0 bridgehead atoms. The van der Waals surface area contributed by atoms with Crippen LogP contribution in [0.3, 0.4) is 0 Å². The highest BCUT2D eigenvalue weighted by molar-refractivity contribution is 5.88. The Morgan fingerprint density at radius 1 is 1.05 bits per heavy atom. The number of Topliss-reactive ketones (excluding diaryl/α,β-unsaturated/α-hetero) is 1. The summed E-state index contributed by atoms with van der Waals surface area (Å²) in [7, 11) is 0. The maximum Gasteiger partial charge on any atom is 0.134 e. The van der Waals surface area contributed by atoms with Gasteiger partial charge in [-0.1, -0.05) is 74.2 Å². The Morgan fingerprint density at radius 2 is 1.62 bits per heavy atom. The molecular weight excluding hydrogens is 256 g/mol. The Bertz CT molecular complexity index is 657. The highest BCUT2D eigenvalue weighted by Gasteiger charge is 2.46. The minimum atomic E-state index is -0.195. The van der Waals surface area contributed by atoms with Gasteiger partial charge in [0.25, 0.3) is 0 Å². The third kappa shape index (κ3) is 2.44. The Kier molecular flexibility index (Phi) is 3.50. The fraction of sp³-hybridized carbons (Fsp3) is 0.250. The van der Waals surface area contributed by atoms with Crippen molar-refractivity contribution in [2.45, 2.75) is 25.7 Å². The Hall–Kier alpha value is -2.15. The smallest absolute Gasteiger partial charge is 0.134 e. The molecule has 0 unspecified atom stereocenters. The quantitative estimate of drug-likeness (QED) is 0.783. The average molecular weight is 276 g/mol. The summed E-state index contributed by atoms with van der Waals surface area (Å²) in [6, 6.07) is 20.6. The van der Waals surface area contributed by atoms with Gasteiger partial charge in [0.05, 0.1) is 0 Å². The van der Waals surface area contributed by atoms with Gasteiger partial charge in [-0.25, -0.2) is 0 Å². The van der Waals surface area contributed by atoms with Crippen molar-refractivity contribution < 1.29 is 4.79 Å². The molecule has 0 aromatic heterocycles. The van der Waals surface area contributed by atoms with Crippen LogP contribution in [-0.4, -0.2) is 5.78 Å². The first-order chi connectivity index (χ1) is 10.1. The first-order valence-corrected chi connectivity index (χ1v) is 7.43. The second kappa shape index (κ2) is 5.33. The molecule has 1 aliphatic rings. The summed E-state index contributed by atoms with van der Waals surface area (Å²) in [6.45, 7) is 6.52. The highest BCUT2D eigenvalue weighted by atomic mass is 16.1. The SMILES string of the molecule is C=C(c1ccccc1)[C@]1(C)CC(=O)C[C@H]1c1ccccc1. The molecule has 0 spiro atoms. The molecule has 0 radical (unpaired) electrons. The molecule has 1 fully saturated rings. The Balaban J connectivity index is 2.01. The van der Waals surface area contributed by atoms with Gasteiger partial charge in [0.15, 0.2) is 0 Å². The molecule has 0 saturated heterocycles. The Morgan fingerprint density at radius 3 is 2.24 bits per heavy atom. The molecule has 3 rings (SSSR count). The fourth-order valence-corrected chi connectivity index (χ4v) is 3.52. The van der Waals surface area contributed by atoms with Crippen molar-refractivity contribution in [1.29, 1.82) is 0 Å². The predicted molar refractivity (Wildman–Crippen MR) is 87.0 cm³/mol. The van der Waals surface area contributed by atoms with Crippen molar-refractivity contribution in [2.24, 2.45) is 5.41 Å². The van der Waals surface area contributed by atoms with E-state index in [1.165, 1.54) is 5.56 Å². The van der Waals surface area contributed by atoms with Crippen LogP contribution >= 0.6 is 0 Å². The molecule has 2 aromatic carbocycles. The molecule has 0 aliphatic heterocycles. The van der Waals surface area contributed by atoms with Crippen molar-refractivity contribution in [3.8, 4) is 0 Å². The molecular formula is C20H20O. The summed E-state index contributed by atoms with van der Waals surface area (Å²) in [4.78, 5) is 12.1. The van der Waals surface area contributed by atoms with Crippen LogP contribution in [0.1, 0.15) is 36.8 Å². The van der Waals surface area contributed by atoms with Crippen LogP contribution < -0.4 is 0 Å². The molecule has 106 valence electrons. The topological polar surface area (TPSA) is 17.1 Å². The summed E-state index contributed by atoms with van der Waals surface area (Å²) < 4.78 is 0. The van der Waals surface area contributed by atoms with Gasteiger partial charge in [-0.3, -0.25) is 4.79 Å². The molecule has 0 heterocycles. The van der Waals surface area contributed by atoms with E-state index in [1.54, 1.807) is 0 Å². The lowest BCUT2D eigenvalue weighted by atomic mass is 9.69. The number of benzene rings is 2. The number of rotatable bonds is 3. The zero-order valence-electron chi connectivity index (χ0n) is 12.4. The first-order valence-electron chi connectivity index (χ1n) is 7.43. The van der Waals surface area contributed by atoms with Gasteiger partial charge in [0.2, 0.25) is 0 Å². The maximum absolute atomic E-state index is 12.1. The van der Waals surface area contributed by atoms with Gasteiger partial charge in [-0.05, 0) is 16.7 Å². The number of carbonyl (C=O) groups is 1. The molecule has 2 atom stereocenters. The van der Waals surface area contributed by atoms with E-state index < -0.39 is 0 Å². The molecule has 21 heavy (non-hydrogen) atoms. The molecule has 1 nitrogen and oxygen atoms in total. The van der Waals surface area contributed by atoms with E-state index in [1.807, 2.05) is 36.4 Å². The molecule has 2 aromatic rings. The predicted octanol–water partition coefficient (Wildman–Crippen LogP) is 4.85. The second-order valence-corrected chi connectivity index (χ2v) is 6.14. The van der Waals surface area contributed by atoms with E-state index in [9.17, 15) is 4.79 Å². The van der Waals surface area contributed by atoms with Gasteiger partial charge in [-0.2, -0.15) is 0 Å². The maximum atomic E-state index is 12.1. The molecule has 0 N–H and O–H groups in total. The largest absolute Gasteiger partial charge is 0.300 e. The number of hydrogen-bond acceptors (Lipinski definition) is 1. The van der Waals surface area contributed by atoms with E-state index in [-0.39, 0.29) is 11.3 Å². The summed E-state index contributed by atoms with van der Waals surface area (Å²) in [5.74, 6) is 0.558. The van der Waals surface area contributed by atoms with Crippen LogP contribution in [0.4, 0.5) is 0 Å². The van der Waals surface area contributed by atoms with Crippen LogP contribution in [0, 0.1) is 5.41 Å². The van der Waals surface area contributed by atoms with Crippen LogP contribution in [-0.2, 0) is 4.79 Å². The monoisotopic (exact) mass is 276 g/mol. The van der Waals surface area contributed by atoms with E-state index in [4.69, 9.17) is 0 Å². The molecule has 1 heteroatoms. The average Bonchev–Trinajstić information content (AvgIpc) is 2.84. The normalized spacial score (nSPS) is 25.0. The van der Waals surface area contributed by atoms with E-state index >= 15 is 0 Å². The third-order valence-corrected chi connectivity index (χ3v) is 4.78. The molecule has 0 amide bonds. The van der Waals surface area contributed by atoms with Crippen LogP contribution in [0.5, 0.6) is 0 Å². The molecule has 1 saturated carbocycles. The van der Waals surface area contributed by atoms with Crippen molar-refractivity contribution in [3.63, 3.8) is 0 Å². The van der Waals surface area contributed by atoms with Crippen molar-refractivity contribution in [3.05, 3.63) is 78.4 Å². The second-order valence-electron chi connectivity index (χ2n) is 6.14. The zero-order chi connectivity index (χ0) is 14.9.